The fourth-order valence-corrected chi connectivity index (χ4v) is 3.10. The number of benzene rings is 1. The topological polar surface area (TPSA) is 21.3 Å². The van der Waals surface area contributed by atoms with Crippen molar-refractivity contribution in [2.24, 2.45) is 0 Å². The van der Waals surface area contributed by atoms with Crippen LogP contribution in [-0.4, -0.2) is 13.7 Å². The number of ether oxygens (including phenoxy) is 1. The first-order valence-electron chi connectivity index (χ1n) is 6.68. The highest BCUT2D eigenvalue weighted by Crippen LogP contribution is 2.25. The van der Waals surface area contributed by atoms with E-state index in [1.165, 1.54) is 10.4 Å². The lowest BCUT2D eigenvalue weighted by molar-refractivity contribution is 0.160. The molecule has 0 aliphatic carbocycles. The van der Waals surface area contributed by atoms with Crippen LogP contribution in [0.1, 0.15) is 35.9 Å². The monoisotopic (exact) mass is 275 g/mol. The number of nitrogens with one attached hydrogen (secondary N) is 1. The Kier molecular flexibility index (Phi) is 5.58. The Hall–Kier alpha value is -1.16. The van der Waals surface area contributed by atoms with Gasteiger partial charge in [-0.05, 0) is 23.4 Å². The molecule has 0 spiro atoms. The number of hydrogen-bond acceptors (Lipinski definition) is 3. The van der Waals surface area contributed by atoms with Crippen molar-refractivity contribution in [1.29, 1.82) is 0 Å². The van der Waals surface area contributed by atoms with Crippen molar-refractivity contribution in [3.63, 3.8) is 0 Å². The first-order valence-corrected chi connectivity index (χ1v) is 7.56. The zero-order chi connectivity index (χ0) is 13.5. The maximum Gasteiger partial charge on any atom is 0.0657 e. The summed E-state index contributed by atoms with van der Waals surface area (Å²) in [4.78, 5) is 1.39. The summed E-state index contributed by atoms with van der Waals surface area (Å²) in [6, 6.07) is 15.4. The van der Waals surface area contributed by atoms with Crippen molar-refractivity contribution in [2.75, 3.05) is 13.7 Å². The van der Waals surface area contributed by atoms with Crippen LogP contribution in [0.3, 0.4) is 0 Å². The zero-order valence-electron chi connectivity index (χ0n) is 11.5. The van der Waals surface area contributed by atoms with Gasteiger partial charge in [0.05, 0.1) is 12.6 Å². The van der Waals surface area contributed by atoms with E-state index in [2.05, 4.69) is 54.0 Å². The van der Waals surface area contributed by atoms with Gasteiger partial charge >= 0.3 is 0 Å². The van der Waals surface area contributed by atoms with Crippen LogP contribution in [0.25, 0.3) is 0 Å². The Labute approximate surface area is 119 Å². The summed E-state index contributed by atoms with van der Waals surface area (Å²) in [5.74, 6) is 0. The molecule has 1 heterocycles. The van der Waals surface area contributed by atoms with Gasteiger partial charge in [-0.1, -0.05) is 43.3 Å². The fourth-order valence-electron chi connectivity index (χ4n) is 2.23. The molecule has 1 aromatic heterocycles. The van der Waals surface area contributed by atoms with Crippen molar-refractivity contribution < 1.29 is 4.74 Å². The molecule has 19 heavy (non-hydrogen) atoms. The average molecular weight is 275 g/mol. The molecule has 1 N–H and O–H groups in total. The third-order valence-electron chi connectivity index (χ3n) is 3.23. The third-order valence-corrected chi connectivity index (χ3v) is 4.22. The van der Waals surface area contributed by atoms with Gasteiger partial charge < -0.3 is 10.1 Å². The first-order chi connectivity index (χ1) is 9.35. The molecule has 2 aromatic rings. The summed E-state index contributed by atoms with van der Waals surface area (Å²) < 4.78 is 5.36. The van der Waals surface area contributed by atoms with Gasteiger partial charge in [0.2, 0.25) is 0 Å². The van der Waals surface area contributed by atoms with Crippen LogP contribution in [-0.2, 0) is 4.74 Å². The molecular formula is C16H21NOS. The van der Waals surface area contributed by atoms with Gasteiger partial charge in [0.25, 0.3) is 0 Å². The van der Waals surface area contributed by atoms with Crippen LogP contribution < -0.4 is 5.32 Å². The molecule has 0 saturated carbocycles. The summed E-state index contributed by atoms with van der Waals surface area (Å²) in [5, 5.41) is 5.84. The van der Waals surface area contributed by atoms with Crippen LogP contribution in [0.15, 0.2) is 47.8 Å². The lowest BCUT2D eigenvalue weighted by Gasteiger charge is -2.24. The summed E-state index contributed by atoms with van der Waals surface area (Å²) in [6.07, 6.45) is 1.08. The quantitative estimate of drug-likeness (QED) is 0.818. The van der Waals surface area contributed by atoms with Crippen molar-refractivity contribution in [3.05, 3.63) is 58.3 Å². The van der Waals surface area contributed by atoms with Crippen molar-refractivity contribution in [3.8, 4) is 0 Å². The van der Waals surface area contributed by atoms with Gasteiger partial charge in [-0.2, -0.15) is 0 Å². The maximum absolute atomic E-state index is 5.36. The van der Waals surface area contributed by atoms with E-state index in [-0.39, 0.29) is 6.04 Å². The minimum absolute atomic E-state index is 0.234. The van der Waals surface area contributed by atoms with Gasteiger partial charge in [-0.15, -0.1) is 11.3 Å². The van der Waals surface area contributed by atoms with E-state index in [1.807, 2.05) is 17.4 Å². The molecule has 1 aromatic carbocycles. The van der Waals surface area contributed by atoms with Gasteiger partial charge in [-0.3, -0.25) is 0 Å². The van der Waals surface area contributed by atoms with Crippen LogP contribution in [0.2, 0.25) is 0 Å². The zero-order valence-corrected chi connectivity index (χ0v) is 12.3. The summed E-state index contributed by atoms with van der Waals surface area (Å²) in [5.41, 5.74) is 1.28. The predicted molar refractivity (Wildman–Crippen MR) is 81.5 cm³/mol. The summed E-state index contributed by atoms with van der Waals surface area (Å²) in [7, 11) is 1.75. The van der Waals surface area contributed by atoms with E-state index in [0.29, 0.717) is 12.6 Å². The highest BCUT2D eigenvalue weighted by molar-refractivity contribution is 7.10. The second kappa shape index (κ2) is 7.43. The Morgan fingerprint density at radius 3 is 2.47 bits per heavy atom. The van der Waals surface area contributed by atoms with Gasteiger partial charge in [0, 0.05) is 18.0 Å². The normalized spacial score (nSPS) is 14.2. The van der Waals surface area contributed by atoms with Gasteiger partial charge in [0.15, 0.2) is 0 Å². The minimum atomic E-state index is 0.234. The largest absolute Gasteiger partial charge is 0.383 e. The van der Waals surface area contributed by atoms with Crippen molar-refractivity contribution in [2.45, 2.75) is 25.4 Å². The Balaban J connectivity index is 2.12. The van der Waals surface area contributed by atoms with Crippen LogP contribution in [0, 0.1) is 0 Å². The van der Waals surface area contributed by atoms with Crippen LogP contribution >= 0.6 is 11.3 Å². The highest BCUT2D eigenvalue weighted by Gasteiger charge is 2.17. The molecule has 2 unspecified atom stereocenters. The molecule has 0 aliphatic heterocycles. The average Bonchev–Trinajstić information content (AvgIpc) is 2.98. The lowest BCUT2D eigenvalue weighted by atomic mass is 10.1. The Bertz CT molecular complexity index is 455. The van der Waals surface area contributed by atoms with Crippen LogP contribution in [0.4, 0.5) is 0 Å². The molecule has 2 rings (SSSR count). The molecule has 0 amide bonds. The van der Waals surface area contributed by atoms with E-state index in [4.69, 9.17) is 4.74 Å². The Morgan fingerprint density at radius 2 is 1.89 bits per heavy atom. The molecule has 102 valence electrons. The van der Waals surface area contributed by atoms with Crippen molar-refractivity contribution >= 4 is 11.3 Å². The highest BCUT2D eigenvalue weighted by atomic mass is 32.1. The fraction of sp³-hybridized carbons (Fsp3) is 0.375. The second-order valence-electron chi connectivity index (χ2n) is 4.56. The second-order valence-corrected chi connectivity index (χ2v) is 5.54. The third kappa shape index (κ3) is 3.90. The number of hydrogen-bond donors (Lipinski definition) is 1. The number of methoxy groups -OCH3 is 1. The number of thiophene rings is 1. The molecule has 0 aliphatic rings. The summed E-state index contributed by atoms with van der Waals surface area (Å²) >= 11 is 1.81. The summed E-state index contributed by atoms with van der Waals surface area (Å²) in [6.45, 7) is 2.90. The van der Waals surface area contributed by atoms with Crippen LogP contribution in [0.5, 0.6) is 0 Å². The molecule has 3 heteroatoms. The van der Waals surface area contributed by atoms with E-state index < -0.39 is 0 Å². The lowest BCUT2D eigenvalue weighted by Crippen LogP contribution is -2.28. The molecule has 2 atom stereocenters. The SMILES string of the molecule is CCC(NC(COC)c1ccccc1)c1cccs1. The van der Waals surface area contributed by atoms with Crippen molar-refractivity contribution in [1.82, 2.24) is 5.32 Å². The number of rotatable bonds is 7. The molecular weight excluding hydrogens is 254 g/mol. The Morgan fingerprint density at radius 1 is 1.11 bits per heavy atom. The van der Waals surface area contributed by atoms with Gasteiger partial charge in [-0.25, -0.2) is 0 Å². The predicted octanol–water partition coefficient (Wildman–Crippen LogP) is 4.18. The maximum atomic E-state index is 5.36. The van der Waals surface area contributed by atoms with E-state index >= 15 is 0 Å². The minimum Gasteiger partial charge on any atom is -0.383 e. The molecule has 0 fully saturated rings. The van der Waals surface area contributed by atoms with E-state index in [9.17, 15) is 0 Å². The smallest absolute Gasteiger partial charge is 0.0657 e. The van der Waals surface area contributed by atoms with E-state index in [1.54, 1.807) is 7.11 Å². The molecule has 0 saturated heterocycles. The molecule has 0 radical (unpaired) electrons. The molecule has 2 nitrogen and oxygen atoms in total. The van der Waals surface area contributed by atoms with Gasteiger partial charge in [0.1, 0.15) is 0 Å². The first kappa shape index (κ1) is 14.3. The van der Waals surface area contributed by atoms with E-state index in [0.717, 1.165) is 6.42 Å². The molecule has 0 bridgehead atoms. The standard InChI is InChI=1S/C16H21NOS/c1-3-14(16-10-7-11-19-16)17-15(12-18-2)13-8-5-4-6-9-13/h4-11,14-15,17H,3,12H2,1-2H3.